The van der Waals surface area contributed by atoms with Crippen molar-refractivity contribution < 1.29 is 13.5 Å². The average Bonchev–Trinajstić information content (AvgIpc) is 3.25. The van der Waals surface area contributed by atoms with Crippen LogP contribution in [0, 0.1) is 6.92 Å². The van der Waals surface area contributed by atoms with Crippen molar-refractivity contribution in [2.45, 2.75) is 42.8 Å². The lowest BCUT2D eigenvalue weighted by atomic mass is 9.74. The van der Waals surface area contributed by atoms with E-state index in [1.807, 2.05) is 0 Å². The van der Waals surface area contributed by atoms with Gasteiger partial charge in [-0.05, 0) is 43.0 Å². The maximum atomic E-state index is 13.3. The number of sulfonamides is 1. The molecule has 1 N–H and O–H groups in total. The molecule has 0 bridgehead atoms. The number of benzene rings is 2. The van der Waals surface area contributed by atoms with Crippen molar-refractivity contribution in [3.05, 3.63) is 72.2 Å². The summed E-state index contributed by atoms with van der Waals surface area (Å²) in [5, 5.41) is 10.3. The molecule has 0 amide bonds. The van der Waals surface area contributed by atoms with Crippen molar-refractivity contribution in [1.29, 1.82) is 0 Å². The minimum atomic E-state index is -3.67. The first-order chi connectivity index (χ1) is 16.4. The van der Waals surface area contributed by atoms with Gasteiger partial charge >= 0.3 is 0 Å². The number of hydrogen-bond donors (Lipinski definition) is 1. The lowest BCUT2D eigenvalue weighted by molar-refractivity contribution is -0.0554. The van der Waals surface area contributed by atoms with Crippen LogP contribution in [0.25, 0.3) is 11.1 Å². The fourth-order valence-electron chi connectivity index (χ4n) is 5.50. The molecule has 0 unspecified atom stereocenters. The molecule has 5 rings (SSSR count). The van der Waals surface area contributed by atoms with Gasteiger partial charge < -0.3 is 9.67 Å². The first-order valence-electron chi connectivity index (χ1n) is 11.9. The van der Waals surface area contributed by atoms with Crippen LogP contribution < -0.4 is 0 Å². The number of rotatable bonds is 5. The molecule has 3 aromatic rings. The van der Waals surface area contributed by atoms with E-state index in [2.05, 4.69) is 65.3 Å². The Bertz CT molecular complexity index is 1260. The molecule has 3 atom stereocenters. The molecule has 0 spiro atoms. The summed E-state index contributed by atoms with van der Waals surface area (Å²) in [5.74, 6) is 0.0797. The lowest BCUT2D eigenvalue weighted by Crippen LogP contribution is -2.67. The average molecular weight is 481 g/mol. The summed E-state index contributed by atoms with van der Waals surface area (Å²) in [6.07, 6.45) is 4.78. The van der Waals surface area contributed by atoms with E-state index in [9.17, 15) is 13.5 Å². The van der Waals surface area contributed by atoms with E-state index < -0.39 is 10.0 Å². The van der Waals surface area contributed by atoms with Crippen LogP contribution in [0.1, 0.15) is 29.9 Å². The van der Waals surface area contributed by atoms with Crippen molar-refractivity contribution >= 4 is 10.0 Å². The topological polar surface area (TPSA) is 78.7 Å². The highest BCUT2D eigenvalue weighted by molar-refractivity contribution is 7.89. The molecule has 8 heteroatoms. The second-order valence-corrected chi connectivity index (χ2v) is 11.4. The standard InChI is InChI=1S/C26H32N4O3S/c1-19-6-5-7-22(14-19)20-8-10-21(11-9-20)26-23-15-29(12-3-4-13-30(23)24(26)17-31)34(32,33)25-16-28(2)18-27-25/h5-11,14,16,18,23-24,26,31H,3-4,12-13,15,17H2,1-2H3/t23-,24-,26-/m0/s1. The highest BCUT2D eigenvalue weighted by Gasteiger charge is 2.50. The van der Waals surface area contributed by atoms with E-state index >= 15 is 0 Å². The van der Waals surface area contributed by atoms with Crippen LogP contribution in [0.15, 0.2) is 66.1 Å². The van der Waals surface area contributed by atoms with Gasteiger partial charge in [-0.1, -0.05) is 54.1 Å². The van der Waals surface area contributed by atoms with Crippen LogP contribution >= 0.6 is 0 Å². The van der Waals surface area contributed by atoms with Gasteiger partial charge in [-0.2, -0.15) is 4.31 Å². The summed E-state index contributed by atoms with van der Waals surface area (Å²) in [5.41, 5.74) is 4.70. The maximum Gasteiger partial charge on any atom is 0.262 e. The summed E-state index contributed by atoms with van der Waals surface area (Å²) < 4.78 is 29.9. The smallest absolute Gasteiger partial charge is 0.262 e. The number of imidazole rings is 1. The Morgan fingerprint density at radius 3 is 2.50 bits per heavy atom. The summed E-state index contributed by atoms with van der Waals surface area (Å²) in [6, 6.07) is 17.0. The van der Waals surface area contributed by atoms with Crippen LogP contribution in [0.4, 0.5) is 0 Å². The zero-order valence-electron chi connectivity index (χ0n) is 19.7. The van der Waals surface area contributed by atoms with E-state index in [1.54, 1.807) is 22.1 Å². The third-order valence-corrected chi connectivity index (χ3v) is 9.02. The third kappa shape index (κ3) is 4.20. The molecule has 0 aliphatic carbocycles. The van der Waals surface area contributed by atoms with E-state index in [0.717, 1.165) is 30.5 Å². The van der Waals surface area contributed by atoms with Gasteiger partial charge in [0.2, 0.25) is 0 Å². The highest BCUT2D eigenvalue weighted by atomic mass is 32.2. The van der Waals surface area contributed by atoms with Gasteiger partial charge in [0.25, 0.3) is 10.0 Å². The number of hydrogen-bond acceptors (Lipinski definition) is 5. The molecule has 180 valence electrons. The fourth-order valence-corrected chi connectivity index (χ4v) is 6.97. The molecule has 0 radical (unpaired) electrons. The molecule has 7 nitrogen and oxygen atoms in total. The first kappa shape index (κ1) is 23.2. The van der Waals surface area contributed by atoms with Crippen molar-refractivity contribution in [3.8, 4) is 11.1 Å². The summed E-state index contributed by atoms with van der Waals surface area (Å²) in [4.78, 5) is 6.40. The molecule has 0 saturated carbocycles. The quantitative estimate of drug-likeness (QED) is 0.607. The largest absolute Gasteiger partial charge is 0.395 e. The second kappa shape index (κ2) is 9.26. The Morgan fingerprint density at radius 1 is 1.06 bits per heavy atom. The molecule has 2 aromatic carbocycles. The summed E-state index contributed by atoms with van der Waals surface area (Å²) >= 11 is 0. The van der Waals surface area contributed by atoms with Gasteiger partial charge in [0.05, 0.1) is 12.9 Å². The van der Waals surface area contributed by atoms with Gasteiger partial charge in [-0.25, -0.2) is 13.4 Å². The molecule has 2 aliphatic rings. The van der Waals surface area contributed by atoms with Gasteiger partial charge in [-0.15, -0.1) is 0 Å². The number of aryl methyl sites for hydroxylation is 2. The van der Waals surface area contributed by atoms with Crippen molar-refractivity contribution in [3.63, 3.8) is 0 Å². The Hall–Kier alpha value is -2.52. The molecule has 34 heavy (non-hydrogen) atoms. The summed E-state index contributed by atoms with van der Waals surface area (Å²) in [6.45, 7) is 3.93. The van der Waals surface area contributed by atoms with Crippen molar-refractivity contribution in [2.75, 3.05) is 26.2 Å². The van der Waals surface area contributed by atoms with Crippen LogP contribution in [0.2, 0.25) is 0 Å². The van der Waals surface area contributed by atoms with E-state index in [4.69, 9.17) is 0 Å². The third-order valence-electron chi connectivity index (χ3n) is 7.27. The normalized spacial score (nSPS) is 24.1. The SMILES string of the molecule is Cc1cccc(-c2ccc([C@@H]3[C@H](CO)N4CCCCN(S(=O)(=O)c5cn(C)cn5)C[C@@H]34)cc2)c1. The van der Waals surface area contributed by atoms with E-state index in [1.165, 1.54) is 17.5 Å². The Kier molecular flexibility index (Phi) is 6.33. The lowest BCUT2D eigenvalue weighted by Gasteiger charge is -2.57. The van der Waals surface area contributed by atoms with Gasteiger partial charge in [-0.3, -0.25) is 4.90 Å². The Balaban J connectivity index is 1.42. The molecule has 1 aromatic heterocycles. The molecule has 2 aliphatic heterocycles. The van der Waals surface area contributed by atoms with E-state index in [0.29, 0.717) is 13.1 Å². The highest BCUT2D eigenvalue weighted by Crippen LogP contribution is 2.43. The number of aliphatic hydroxyl groups excluding tert-OH is 1. The van der Waals surface area contributed by atoms with Crippen LogP contribution in [0.3, 0.4) is 0 Å². The molecule has 2 fully saturated rings. The van der Waals surface area contributed by atoms with Crippen LogP contribution in [-0.2, 0) is 17.1 Å². The number of nitrogens with zero attached hydrogens (tertiary/aromatic N) is 4. The number of aromatic nitrogens is 2. The predicted molar refractivity (Wildman–Crippen MR) is 132 cm³/mol. The Labute approximate surface area is 201 Å². The van der Waals surface area contributed by atoms with Crippen molar-refractivity contribution in [1.82, 2.24) is 18.8 Å². The van der Waals surface area contributed by atoms with Gasteiger partial charge in [0.1, 0.15) is 0 Å². The second-order valence-electron chi connectivity index (χ2n) is 9.52. The van der Waals surface area contributed by atoms with Gasteiger partial charge in [0.15, 0.2) is 5.03 Å². The van der Waals surface area contributed by atoms with Crippen LogP contribution in [0.5, 0.6) is 0 Å². The monoisotopic (exact) mass is 480 g/mol. The molecule has 2 saturated heterocycles. The first-order valence-corrected chi connectivity index (χ1v) is 13.3. The van der Waals surface area contributed by atoms with Crippen LogP contribution in [-0.4, -0.2) is 70.6 Å². The minimum Gasteiger partial charge on any atom is -0.395 e. The molecular weight excluding hydrogens is 448 g/mol. The fraction of sp³-hybridized carbons (Fsp3) is 0.423. The number of aliphatic hydroxyl groups is 1. The Morgan fingerprint density at radius 2 is 1.82 bits per heavy atom. The van der Waals surface area contributed by atoms with Crippen molar-refractivity contribution in [2.24, 2.45) is 7.05 Å². The molecular formula is C26H32N4O3S. The zero-order chi connectivity index (χ0) is 23.9. The van der Waals surface area contributed by atoms with E-state index in [-0.39, 0.29) is 29.6 Å². The predicted octanol–water partition coefficient (Wildman–Crippen LogP) is 3.01. The number of fused-ring (bicyclic) bond motifs is 1. The zero-order valence-corrected chi connectivity index (χ0v) is 20.5. The minimum absolute atomic E-state index is 0.00678. The summed E-state index contributed by atoms with van der Waals surface area (Å²) in [7, 11) is -1.89. The van der Waals surface area contributed by atoms with Gasteiger partial charge in [0, 0.05) is 44.3 Å². The maximum absolute atomic E-state index is 13.3. The molecule has 3 heterocycles.